The Balaban J connectivity index is 2.96. The SMILES string of the molecule is CC(C)CCC(CCC(C)C)OC(=O)c1ccccc1C(=O)OC(CCC(C)C)CCC(C)C. The lowest BCUT2D eigenvalue weighted by atomic mass is 9.98. The maximum atomic E-state index is 13.2. The van der Waals surface area contributed by atoms with Gasteiger partial charge in [-0.1, -0.05) is 67.5 Å². The molecule has 0 heterocycles. The highest BCUT2D eigenvalue weighted by molar-refractivity contribution is 6.03. The van der Waals surface area contributed by atoms with Crippen LogP contribution in [0.5, 0.6) is 0 Å². The number of ether oxygens (including phenoxy) is 2. The smallest absolute Gasteiger partial charge is 0.339 e. The molecule has 0 N–H and O–H groups in total. The van der Waals surface area contributed by atoms with E-state index in [4.69, 9.17) is 9.47 Å². The molecule has 0 aromatic heterocycles. The predicted octanol–water partition coefficient (Wildman–Crippen LogP) is 8.48. The van der Waals surface area contributed by atoms with E-state index in [9.17, 15) is 9.59 Å². The molecular weight excluding hydrogens is 424 g/mol. The number of hydrogen-bond acceptors (Lipinski definition) is 4. The van der Waals surface area contributed by atoms with E-state index in [0.717, 1.165) is 51.4 Å². The zero-order chi connectivity index (χ0) is 25.7. The van der Waals surface area contributed by atoms with Crippen molar-refractivity contribution in [3.8, 4) is 0 Å². The quantitative estimate of drug-likeness (QED) is 0.225. The van der Waals surface area contributed by atoms with E-state index < -0.39 is 11.9 Å². The van der Waals surface area contributed by atoms with Crippen LogP contribution in [-0.2, 0) is 9.47 Å². The topological polar surface area (TPSA) is 52.6 Å². The molecule has 0 aliphatic rings. The second-order valence-corrected chi connectivity index (χ2v) is 11.5. The van der Waals surface area contributed by atoms with Crippen molar-refractivity contribution in [3.05, 3.63) is 35.4 Å². The number of esters is 2. The van der Waals surface area contributed by atoms with Gasteiger partial charge in [0.15, 0.2) is 0 Å². The van der Waals surface area contributed by atoms with E-state index in [0.29, 0.717) is 34.8 Å². The molecule has 0 saturated carbocycles. The van der Waals surface area contributed by atoms with Gasteiger partial charge in [-0.15, -0.1) is 0 Å². The van der Waals surface area contributed by atoms with Crippen molar-refractivity contribution in [1.82, 2.24) is 0 Å². The summed E-state index contributed by atoms with van der Waals surface area (Å²) in [6, 6.07) is 6.91. The molecule has 0 fully saturated rings. The van der Waals surface area contributed by atoms with Crippen LogP contribution in [0.25, 0.3) is 0 Å². The molecule has 0 spiro atoms. The third-order valence-corrected chi connectivity index (χ3v) is 6.18. The summed E-state index contributed by atoms with van der Waals surface area (Å²) in [5.41, 5.74) is 0.608. The zero-order valence-electron chi connectivity index (χ0n) is 23.1. The fourth-order valence-electron chi connectivity index (χ4n) is 3.87. The van der Waals surface area contributed by atoms with Crippen LogP contribution in [0.4, 0.5) is 0 Å². The predicted molar refractivity (Wildman–Crippen MR) is 141 cm³/mol. The summed E-state index contributed by atoms with van der Waals surface area (Å²) in [5, 5.41) is 0. The maximum Gasteiger partial charge on any atom is 0.339 e. The first-order valence-corrected chi connectivity index (χ1v) is 13.5. The molecule has 0 atom stereocenters. The van der Waals surface area contributed by atoms with Crippen LogP contribution in [0.1, 0.15) is 127 Å². The van der Waals surface area contributed by atoms with Gasteiger partial charge in [-0.3, -0.25) is 0 Å². The monoisotopic (exact) mass is 474 g/mol. The van der Waals surface area contributed by atoms with Crippen LogP contribution < -0.4 is 0 Å². The highest BCUT2D eigenvalue weighted by atomic mass is 16.5. The lowest BCUT2D eigenvalue weighted by Crippen LogP contribution is -2.24. The summed E-state index contributed by atoms with van der Waals surface area (Å²) in [7, 11) is 0. The highest BCUT2D eigenvalue weighted by Crippen LogP contribution is 2.22. The summed E-state index contributed by atoms with van der Waals surface area (Å²) >= 11 is 0. The molecule has 4 heteroatoms. The lowest BCUT2D eigenvalue weighted by molar-refractivity contribution is 0.0188. The summed E-state index contributed by atoms with van der Waals surface area (Å²) < 4.78 is 11.9. The van der Waals surface area contributed by atoms with Gasteiger partial charge in [0.25, 0.3) is 0 Å². The van der Waals surface area contributed by atoms with Gasteiger partial charge in [-0.25, -0.2) is 9.59 Å². The van der Waals surface area contributed by atoms with Crippen LogP contribution in [0.2, 0.25) is 0 Å². The number of carbonyl (C=O) groups is 2. The van der Waals surface area contributed by atoms with Gasteiger partial charge in [0, 0.05) is 0 Å². The van der Waals surface area contributed by atoms with Crippen LogP contribution in [0.15, 0.2) is 24.3 Å². The molecule has 0 saturated heterocycles. The van der Waals surface area contributed by atoms with Gasteiger partial charge in [0.2, 0.25) is 0 Å². The molecule has 0 amide bonds. The van der Waals surface area contributed by atoms with Crippen molar-refractivity contribution in [2.75, 3.05) is 0 Å². The van der Waals surface area contributed by atoms with E-state index in [1.165, 1.54) is 0 Å². The standard InChI is InChI=1S/C30H50O4/c1-21(2)13-17-25(18-14-22(3)4)33-29(31)27-11-9-10-12-28(27)30(32)34-26(19-15-23(5)6)20-16-24(7)8/h9-12,21-26H,13-20H2,1-8H3. The molecule has 1 aromatic carbocycles. The van der Waals surface area contributed by atoms with Crippen LogP contribution >= 0.6 is 0 Å². The highest BCUT2D eigenvalue weighted by Gasteiger charge is 2.24. The van der Waals surface area contributed by atoms with Gasteiger partial charge >= 0.3 is 11.9 Å². The molecule has 194 valence electrons. The van der Waals surface area contributed by atoms with Gasteiger partial charge in [-0.05, 0) is 87.2 Å². The molecular formula is C30H50O4. The minimum absolute atomic E-state index is 0.133. The summed E-state index contributed by atoms with van der Waals surface area (Å²) in [4.78, 5) is 26.3. The van der Waals surface area contributed by atoms with Gasteiger partial charge in [0.05, 0.1) is 11.1 Å². The van der Waals surface area contributed by atoms with Gasteiger partial charge < -0.3 is 9.47 Å². The van der Waals surface area contributed by atoms with Crippen molar-refractivity contribution in [1.29, 1.82) is 0 Å². The minimum Gasteiger partial charge on any atom is -0.459 e. The van der Waals surface area contributed by atoms with Crippen molar-refractivity contribution in [3.63, 3.8) is 0 Å². The Morgan fingerprint density at radius 3 is 1.03 bits per heavy atom. The molecule has 0 unspecified atom stereocenters. The number of hydrogen-bond donors (Lipinski definition) is 0. The van der Waals surface area contributed by atoms with E-state index in [1.54, 1.807) is 24.3 Å². The summed E-state index contributed by atoms with van der Waals surface area (Å²) in [6.45, 7) is 17.5. The Kier molecular flexibility index (Phi) is 14.2. The van der Waals surface area contributed by atoms with E-state index in [2.05, 4.69) is 55.4 Å². The number of carbonyl (C=O) groups excluding carboxylic acids is 2. The Morgan fingerprint density at radius 2 is 0.794 bits per heavy atom. The molecule has 0 aliphatic carbocycles. The Bertz CT molecular complexity index is 635. The molecule has 0 radical (unpaired) electrons. The average molecular weight is 475 g/mol. The van der Waals surface area contributed by atoms with Gasteiger partial charge in [0.1, 0.15) is 12.2 Å². The Labute approximate surface area is 209 Å². The number of benzene rings is 1. The van der Waals surface area contributed by atoms with Gasteiger partial charge in [-0.2, -0.15) is 0 Å². The first-order valence-electron chi connectivity index (χ1n) is 13.5. The van der Waals surface area contributed by atoms with E-state index in [1.807, 2.05) is 0 Å². The largest absolute Gasteiger partial charge is 0.459 e. The molecule has 34 heavy (non-hydrogen) atoms. The van der Waals surface area contributed by atoms with Crippen molar-refractivity contribution in [2.24, 2.45) is 23.7 Å². The van der Waals surface area contributed by atoms with Crippen LogP contribution in [0.3, 0.4) is 0 Å². The van der Waals surface area contributed by atoms with Crippen molar-refractivity contribution in [2.45, 2.75) is 119 Å². The van der Waals surface area contributed by atoms with Crippen molar-refractivity contribution < 1.29 is 19.1 Å². The molecule has 0 bridgehead atoms. The van der Waals surface area contributed by atoms with Crippen LogP contribution in [0, 0.1) is 23.7 Å². The fourth-order valence-corrected chi connectivity index (χ4v) is 3.87. The Hall–Kier alpha value is -1.84. The zero-order valence-corrected chi connectivity index (χ0v) is 23.1. The summed E-state index contributed by atoms with van der Waals surface area (Å²) in [6.07, 6.45) is 7.13. The summed E-state index contributed by atoms with van der Waals surface area (Å²) in [5.74, 6) is 1.36. The third-order valence-electron chi connectivity index (χ3n) is 6.18. The second-order valence-electron chi connectivity index (χ2n) is 11.5. The first-order chi connectivity index (χ1) is 16.0. The first kappa shape index (κ1) is 30.2. The molecule has 1 rings (SSSR count). The van der Waals surface area contributed by atoms with Crippen LogP contribution in [-0.4, -0.2) is 24.1 Å². The third kappa shape index (κ3) is 12.6. The fraction of sp³-hybridized carbons (Fsp3) is 0.733. The average Bonchev–Trinajstić information content (AvgIpc) is 2.76. The maximum absolute atomic E-state index is 13.2. The molecule has 4 nitrogen and oxygen atoms in total. The van der Waals surface area contributed by atoms with E-state index >= 15 is 0 Å². The Morgan fingerprint density at radius 1 is 0.529 bits per heavy atom. The van der Waals surface area contributed by atoms with E-state index in [-0.39, 0.29) is 12.2 Å². The normalized spacial score (nSPS) is 11.9. The molecule has 1 aromatic rings. The second kappa shape index (κ2) is 15.9. The lowest BCUT2D eigenvalue weighted by Gasteiger charge is -2.22. The number of rotatable bonds is 16. The molecule has 0 aliphatic heterocycles. The minimum atomic E-state index is -0.425. The van der Waals surface area contributed by atoms with Crippen molar-refractivity contribution >= 4 is 11.9 Å².